The maximum atomic E-state index is 11.4. The van der Waals surface area contributed by atoms with Gasteiger partial charge in [-0.1, -0.05) is 28.1 Å². The largest absolute Gasteiger partial charge is 0.310 e. The molecular weight excluding hydrogens is 314 g/mol. The van der Waals surface area contributed by atoms with E-state index >= 15 is 0 Å². The van der Waals surface area contributed by atoms with E-state index in [2.05, 4.69) is 40.3 Å². The molecule has 0 radical (unpaired) electrons. The zero-order valence-electron chi connectivity index (χ0n) is 10.4. The van der Waals surface area contributed by atoms with Crippen molar-refractivity contribution in [3.8, 4) is 0 Å². The maximum absolute atomic E-state index is 11.4. The van der Waals surface area contributed by atoms with Gasteiger partial charge in [0.2, 0.25) is 0 Å². The van der Waals surface area contributed by atoms with Gasteiger partial charge >= 0.3 is 0 Å². The molecule has 3 nitrogen and oxygen atoms in total. The summed E-state index contributed by atoms with van der Waals surface area (Å²) in [6, 6.07) is 8.42. The molecule has 0 spiro atoms. The predicted octanol–water partition coefficient (Wildman–Crippen LogP) is 2.53. The minimum Gasteiger partial charge on any atom is -0.310 e. The molecule has 0 aromatic heterocycles. The fourth-order valence-corrected chi connectivity index (χ4v) is 4.55. The Balaban J connectivity index is 1.87. The highest BCUT2D eigenvalue weighted by atomic mass is 79.9. The summed E-state index contributed by atoms with van der Waals surface area (Å²) in [5, 5.41) is 3.42. The minimum absolute atomic E-state index is 0.241. The topological polar surface area (TPSA) is 46.2 Å². The summed E-state index contributed by atoms with van der Waals surface area (Å²) in [7, 11) is -2.76. The van der Waals surface area contributed by atoms with Gasteiger partial charge in [-0.25, -0.2) is 8.42 Å². The monoisotopic (exact) mass is 331 g/mol. The van der Waals surface area contributed by atoms with E-state index in [1.165, 1.54) is 5.56 Å². The fourth-order valence-electron chi connectivity index (χ4n) is 2.27. The first-order valence-corrected chi connectivity index (χ1v) is 8.77. The summed E-state index contributed by atoms with van der Waals surface area (Å²) in [6.45, 7) is 2.87. The molecule has 2 rings (SSSR count). The van der Waals surface area contributed by atoms with Gasteiger partial charge in [-0.3, -0.25) is 0 Å². The number of halogens is 1. The normalized spacial score (nSPS) is 24.0. The zero-order chi connectivity index (χ0) is 13.2. The molecule has 1 aromatic carbocycles. The van der Waals surface area contributed by atoms with E-state index in [1.54, 1.807) is 0 Å². The third-order valence-electron chi connectivity index (χ3n) is 3.39. The van der Waals surface area contributed by atoms with Crippen molar-refractivity contribution in [1.82, 2.24) is 5.32 Å². The zero-order valence-corrected chi connectivity index (χ0v) is 12.8. The van der Waals surface area contributed by atoms with Crippen molar-refractivity contribution in [1.29, 1.82) is 0 Å². The number of nitrogens with one attached hydrogen (secondary N) is 1. The van der Waals surface area contributed by atoms with E-state index in [9.17, 15) is 8.42 Å². The van der Waals surface area contributed by atoms with Crippen molar-refractivity contribution in [3.63, 3.8) is 0 Å². The Morgan fingerprint density at radius 3 is 2.89 bits per heavy atom. The van der Waals surface area contributed by atoms with Gasteiger partial charge in [0.05, 0.1) is 11.5 Å². The number of sulfone groups is 1. The van der Waals surface area contributed by atoms with Crippen molar-refractivity contribution in [2.75, 3.05) is 18.1 Å². The van der Waals surface area contributed by atoms with E-state index in [0.717, 1.165) is 17.4 Å². The molecule has 1 saturated heterocycles. The number of rotatable bonds is 4. The second-order valence-corrected chi connectivity index (χ2v) is 8.10. The van der Waals surface area contributed by atoms with Crippen LogP contribution in [0.3, 0.4) is 0 Å². The van der Waals surface area contributed by atoms with Gasteiger partial charge in [-0.15, -0.1) is 0 Å². The van der Waals surface area contributed by atoms with Gasteiger partial charge in [0.15, 0.2) is 9.84 Å². The lowest BCUT2D eigenvalue weighted by Gasteiger charge is -2.17. The van der Waals surface area contributed by atoms with Crippen LogP contribution in [0.15, 0.2) is 28.7 Å². The molecule has 2 atom stereocenters. The van der Waals surface area contributed by atoms with Crippen LogP contribution in [0, 0.1) is 5.92 Å². The van der Waals surface area contributed by atoms with Crippen LogP contribution in [0.1, 0.15) is 24.9 Å². The summed E-state index contributed by atoms with van der Waals surface area (Å²) in [5.41, 5.74) is 1.21. The summed E-state index contributed by atoms with van der Waals surface area (Å²) < 4.78 is 23.8. The number of hydrogen-bond acceptors (Lipinski definition) is 3. The Hall–Kier alpha value is -0.390. The van der Waals surface area contributed by atoms with Crippen LogP contribution in [0.5, 0.6) is 0 Å². The van der Waals surface area contributed by atoms with Gasteiger partial charge in [-0.05, 0) is 43.5 Å². The minimum atomic E-state index is -2.76. The van der Waals surface area contributed by atoms with Crippen molar-refractivity contribution in [2.45, 2.75) is 19.4 Å². The van der Waals surface area contributed by atoms with Gasteiger partial charge in [-0.2, -0.15) is 0 Å². The SMILES string of the molecule is CC(NCC1CCS(=O)(=O)C1)c1cccc(Br)c1. The van der Waals surface area contributed by atoms with Crippen LogP contribution in [0.25, 0.3) is 0 Å². The Kier molecular flexibility index (Phi) is 4.45. The van der Waals surface area contributed by atoms with Crippen LogP contribution in [0.4, 0.5) is 0 Å². The Labute approximate surface area is 117 Å². The summed E-state index contributed by atoms with van der Waals surface area (Å²) in [6.07, 6.45) is 0.792. The number of benzene rings is 1. The summed E-state index contributed by atoms with van der Waals surface area (Å²) in [4.78, 5) is 0. The van der Waals surface area contributed by atoms with E-state index in [1.807, 2.05) is 12.1 Å². The lowest BCUT2D eigenvalue weighted by molar-refractivity contribution is 0.476. The molecule has 1 aromatic rings. The van der Waals surface area contributed by atoms with Crippen molar-refractivity contribution in [2.24, 2.45) is 5.92 Å². The fraction of sp³-hybridized carbons (Fsp3) is 0.538. The van der Waals surface area contributed by atoms with Gasteiger partial charge in [0, 0.05) is 10.5 Å². The molecule has 2 unspecified atom stereocenters. The van der Waals surface area contributed by atoms with Crippen molar-refractivity contribution in [3.05, 3.63) is 34.3 Å². The molecule has 1 aliphatic rings. The lowest BCUT2D eigenvalue weighted by atomic mass is 10.1. The summed E-state index contributed by atoms with van der Waals surface area (Å²) in [5.74, 6) is 0.958. The molecule has 1 fully saturated rings. The van der Waals surface area contributed by atoms with Gasteiger partial charge in [0.25, 0.3) is 0 Å². The molecule has 0 bridgehead atoms. The van der Waals surface area contributed by atoms with E-state index in [0.29, 0.717) is 11.5 Å². The van der Waals surface area contributed by atoms with Crippen molar-refractivity contribution >= 4 is 25.8 Å². The first-order chi connectivity index (χ1) is 8.46. The highest BCUT2D eigenvalue weighted by Gasteiger charge is 2.27. The second-order valence-electron chi connectivity index (χ2n) is 4.95. The van der Waals surface area contributed by atoms with Gasteiger partial charge in [0.1, 0.15) is 0 Å². The smallest absolute Gasteiger partial charge is 0.150 e. The van der Waals surface area contributed by atoms with Crippen LogP contribution in [0.2, 0.25) is 0 Å². The molecule has 1 heterocycles. The molecule has 0 aliphatic carbocycles. The first kappa shape index (κ1) is 14.0. The van der Waals surface area contributed by atoms with Crippen LogP contribution < -0.4 is 5.32 Å². The molecule has 5 heteroatoms. The molecule has 0 saturated carbocycles. The average Bonchev–Trinajstić information content (AvgIpc) is 2.66. The highest BCUT2D eigenvalue weighted by molar-refractivity contribution is 9.10. The molecule has 1 aliphatic heterocycles. The molecule has 1 N–H and O–H groups in total. The van der Waals surface area contributed by atoms with E-state index in [4.69, 9.17) is 0 Å². The third-order valence-corrected chi connectivity index (χ3v) is 5.72. The van der Waals surface area contributed by atoms with E-state index in [-0.39, 0.29) is 12.0 Å². The standard InChI is InChI=1S/C13H18BrNO2S/c1-10(12-3-2-4-13(14)7-12)15-8-11-5-6-18(16,17)9-11/h2-4,7,10-11,15H,5-6,8-9H2,1H3. The molecule has 100 valence electrons. The second kappa shape index (κ2) is 5.72. The molecule has 18 heavy (non-hydrogen) atoms. The predicted molar refractivity (Wildman–Crippen MR) is 77.3 cm³/mol. The molecular formula is C13H18BrNO2S. The van der Waals surface area contributed by atoms with Crippen LogP contribution in [-0.4, -0.2) is 26.5 Å². The van der Waals surface area contributed by atoms with Gasteiger partial charge < -0.3 is 5.32 Å². The number of hydrogen-bond donors (Lipinski definition) is 1. The Morgan fingerprint density at radius 1 is 1.50 bits per heavy atom. The lowest BCUT2D eigenvalue weighted by Crippen LogP contribution is -2.26. The maximum Gasteiger partial charge on any atom is 0.150 e. The summed E-state index contributed by atoms with van der Waals surface area (Å²) >= 11 is 3.46. The molecule has 0 amide bonds. The first-order valence-electron chi connectivity index (χ1n) is 6.15. The Morgan fingerprint density at radius 2 is 2.28 bits per heavy atom. The highest BCUT2D eigenvalue weighted by Crippen LogP contribution is 2.21. The van der Waals surface area contributed by atoms with Crippen molar-refractivity contribution < 1.29 is 8.42 Å². The average molecular weight is 332 g/mol. The van der Waals surface area contributed by atoms with Crippen LogP contribution >= 0.6 is 15.9 Å². The third kappa shape index (κ3) is 3.80. The van der Waals surface area contributed by atoms with E-state index < -0.39 is 9.84 Å². The Bertz CT molecular complexity index is 515. The van der Waals surface area contributed by atoms with Crippen LogP contribution in [-0.2, 0) is 9.84 Å². The quantitative estimate of drug-likeness (QED) is 0.922.